The van der Waals surface area contributed by atoms with Gasteiger partial charge in [-0.15, -0.1) is 0 Å². The minimum absolute atomic E-state index is 0.590. The number of hydrogen-bond acceptors (Lipinski definition) is 3. The van der Waals surface area contributed by atoms with Crippen molar-refractivity contribution >= 4 is 8.48 Å². The Balaban J connectivity index is 2.02. The fraction of sp³-hybridized carbons (Fsp3) is 1.00. The van der Waals surface area contributed by atoms with Gasteiger partial charge in [-0.25, -0.2) is 0 Å². The van der Waals surface area contributed by atoms with Gasteiger partial charge in [0.1, 0.15) is 0 Å². The minimum atomic E-state index is -1.60. The number of hydrogen-bond donors (Lipinski definition) is 0. The standard InChI is InChI=1S/C13H28N2OSi/c1-13(14-9-5-4-6-10-14)15-11-7-8-12-17(15,3)16-2/h13H,4-12H2,1-3H3. The van der Waals surface area contributed by atoms with E-state index in [1.807, 2.05) is 7.11 Å². The number of piperidine rings is 1. The van der Waals surface area contributed by atoms with Gasteiger partial charge in [-0.3, -0.25) is 9.47 Å². The van der Waals surface area contributed by atoms with E-state index in [1.165, 1.54) is 57.8 Å². The fourth-order valence-corrected chi connectivity index (χ4v) is 6.62. The molecule has 2 heterocycles. The Morgan fingerprint density at radius 3 is 2.29 bits per heavy atom. The molecule has 2 atom stereocenters. The third kappa shape index (κ3) is 2.92. The monoisotopic (exact) mass is 256 g/mol. The quantitative estimate of drug-likeness (QED) is 0.722. The van der Waals surface area contributed by atoms with Crippen molar-refractivity contribution in [1.82, 2.24) is 9.47 Å². The summed E-state index contributed by atoms with van der Waals surface area (Å²) in [6.45, 7) is 8.60. The molecule has 0 aliphatic carbocycles. The van der Waals surface area contributed by atoms with Gasteiger partial charge < -0.3 is 4.43 Å². The summed E-state index contributed by atoms with van der Waals surface area (Å²) in [6.07, 6.45) is 7.48. The maximum atomic E-state index is 5.94. The van der Waals surface area contributed by atoms with Crippen LogP contribution < -0.4 is 0 Å². The molecule has 4 heteroatoms. The average Bonchev–Trinajstić information content (AvgIpc) is 2.39. The van der Waals surface area contributed by atoms with Crippen LogP contribution in [-0.2, 0) is 4.43 Å². The predicted molar refractivity (Wildman–Crippen MR) is 74.3 cm³/mol. The third-order valence-electron chi connectivity index (χ3n) is 4.71. The molecule has 2 rings (SSSR count). The van der Waals surface area contributed by atoms with Crippen molar-refractivity contribution in [3.8, 4) is 0 Å². The van der Waals surface area contributed by atoms with Gasteiger partial charge in [0.15, 0.2) is 0 Å². The first-order valence-electron chi connectivity index (χ1n) is 7.23. The summed E-state index contributed by atoms with van der Waals surface area (Å²) >= 11 is 0. The average molecular weight is 256 g/mol. The van der Waals surface area contributed by atoms with E-state index in [0.29, 0.717) is 6.17 Å². The number of likely N-dealkylation sites (tertiary alicyclic amines) is 1. The first-order valence-corrected chi connectivity index (χ1v) is 9.79. The van der Waals surface area contributed by atoms with Crippen LogP contribution in [0.4, 0.5) is 0 Å². The molecule has 2 aliphatic heterocycles. The highest BCUT2D eigenvalue weighted by atomic mass is 28.4. The third-order valence-corrected chi connectivity index (χ3v) is 8.68. The molecule has 0 radical (unpaired) electrons. The lowest BCUT2D eigenvalue weighted by atomic mass is 10.1. The first kappa shape index (κ1) is 13.5. The molecule has 0 spiro atoms. The van der Waals surface area contributed by atoms with Gasteiger partial charge in [0.25, 0.3) is 8.48 Å². The largest absolute Gasteiger partial charge is 0.406 e. The maximum Gasteiger partial charge on any atom is 0.269 e. The van der Waals surface area contributed by atoms with Crippen LogP contribution in [0.2, 0.25) is 12.6 Å². The maximum absolute atomic E-state index is 5.94. The molecule has 0 aromatic rings. The molecule has 2 fully saturated rings. The molecule has 0 aromatic carbocycles. The van der Waals surface area contributed by atoms with Crippen molar-refractivity contribution in [2.24, 2.45) is 0 Å². The van der Waals surface area contributed by atoms with Crippen LogP contribution in [0, 0.1) is 0 Å². The van der Waals surface area contributed by atoms with Gasteiger partial charge in [0, 0.05) is 7.11 Å². The Labute approximate surface area is 107 Å². The van der Waals surface area contributed by atoms with Gasteiger partial charge in [-0.05, 0) is 58.4 Å². The van der Waals surface area contributed by atoms with Crippen LogP contribution in [0.5, 0.6) is 0 Å². The van der Waals surface area contributed by atoms with Gasteiger partial charge in [0.2, 0.25) is 0 Å². The SMILES string of the molecule is CO[Si]1(C)CCCCN1C(C)N1CCCCC1. The van der Waals surface area contributed by atoms with Crippen LogP contribution >= 0.6 is 0 Å². The Kier molecular flexibility index (Phi) is 4.63. The van der Waals surface area contributed by atoms with Crippen LogP contribution in [0.25, 0.3) is 0 Å². The Morgan fingerprint density at radius 1 is 1.00 bits per heavy atom. The molecule has 0 bridgehead atoms. The van der Waals surface area contributed by atoms with Crippen LogP contribution in [0.3, 0.4) is 0 Å². The first-order chi connectivity index (χ1) is 8.17. The van der Waals surface area contributed by atoms with E-state index in [0.717, 1.165) is 0 Å². The molecule has 100 valence electrons. The Bertz CT molecular complexity index is 246. The molecule has 0 N–H and O–H groups in total. The van der Waals surface area contributed by atoms with E-state index in [4.69, 9.17) is 4.43 Å². The van der Waals surface area contributed by atoms with E-state index in [9.17, 15) is 0 Å². The molecule has 2 saturated heterocycles. The van der Waals surface area contributed by atoms with Crippen molar-refractivity contribution < 1.29 is 4.43 Å². The number of rotatable bonds is 3. The summed E-state index contributed by atoms with van der Waals surface area (Å²) in [6, 6.07) is 1.31. The predicted octanol–water partition coefficient (Wildman–Crippen LogP) is 2.63. The smallest absolute Gasteiger partial charge is 0.269 e. The minimum Gasteiger partial charge on any atom is -0.406 e. The highest BCUT2D eigenvalue weighted by molar-refractivity contribution is 6.69. The lowest BCUT2D eigenvalue weighted by Gasteiger charge is -2.49. The highest BCUT2D eigenvalue weighted by Crippen LogP contribution is 2.29. The molecular formula is C13H28N2OSi. The van der Waals surface area contributed by atoms with Gasteiger partial charge in [-0.1, -0.05) is 12.8 Å². The van der Waals surface area contributed by atoms with E-state index >= 15 is 0 Å². The van der Waals surface area contributed by atoms with E-state index in [-0.39, 0.29) is 0 Å². The zero-order chi connectivity index (χ0) is 12.3. The summed E-state index contributed by atoms with van der Waals surface area (Å²) in [5.41, 5.74) is 0. The van der Waals surface area contributed by atoms with Gasteiger partial charge in [0.05, 0.1) is 6.17 Å². The molecule has 2 unspecified atom stereocenters. The normalized spacial score (nSPS) is 34.8. The lowest BCUT2D eigenvalue weighted by Crippen LogP contribution is -2.63. The molecule has 0 amide bonds. The zero-order valence-corrected chi connectivity index (χ0v) is 12.7. The van der Waals surface area contributed by atoms with Crippen molar-refractivity contribution in [2.75, 3.05) is 26.7 Å². The van der Waals surface area contributed by atoms with Crippen molar-refractivity contribution in [3.63, 3.8) is 0 Å². The summed E-state index contributed by atoms with van der Waals surface area (Å²) in [4.78, 5) is 2.67. The van der Waals surface area contributed by atoms with E-state index in [1.54, 1.807) is 0 Å². The van der Waals surface area contributed by atoms with Gasteiger partial charge in [-0.2, -0.15) is 0 Å². The summed E-state index contributed by atoms with van der Waals surface area (Å²) < 4.78 is 8.65. The second-order valence-electron chi connectivity index (χ2n) is 5.76. The summed E-state index contributed by atoms with van der Waals surface area (Å²) in [5, 5.41) is 0. The summed E-state index contributed by atoms with van der Waals surface area (Å²) in [5.74, 6) is 0. The molecule has 0 saturated carbocycles. The molecular weight excluding hydrogens is 228 g/mol. The molecule has 2 aliphatic rings. The zero-order valence-electron chi connectivity index (χ0n) is 11.7. The highest BCUT2D eigenvalue weighted by Gasteiger charge is 2.42. The Morgan fingerprint density at radius 2 is 1.65 bits per heavy atom. The van der Waals surface area contributed by atoms with Crippen molar-refractivity contribution in [2.45, 2.75) is 57.8 Å². The van der Waals surface area contributed by atoms with E-state index < -0.39 is 8.48 Å². The van der Waals surface area contributed by atoms with Crippen LogP contribution in [0.15, 0.2) is 0 Å². The fourth-order valence-electron chi connectivity index (χ4n) is 3.41. The second-order valence-corrected chi connectivity index (χ2v) is 9.59. The topological polar surface area (TPSA) is 15.7 Å². The van der Waals surface area contributed by atoms with Crippen LogP contribution in [0.1, 0.15) is 39.0 Å². The number of nitrogens with zero attached hydrogens (tertiary/aromatic N) is 2. The lowest BCUT2D eigenvalue weighted by molar-refractivity contribution is 0.0665. The second kappa shape index (κ2) is 5.82. The molecule has 0 aromatic heterocycles. The summed E-state index contributed by atoms with van der Waals surface area (Å²) in [7, 11) is 0.329. The molecule has 17 heavy (non-hydrogen) atoms. The van der Waals surface area contributed by atoms with E-state index in [2.05, 4.69) is 22.9 Å². The van der Waals surface area contributed by atoms with Crippen molar-refractivity contribution in [1.29, 1.82) is 0 Å². The Hall–Kier alpha value is 0.0969. The van der Waals surface area contributed by atoms with Crippen LogP contribution in [-0.4, -0.2) is 50.9 Å². The molecule has 3 nitrogen and oxygen atoms in total. The van der Waals surface area contributed by atoms with Crippen molar-refractivity contribution in [3.05, 3.63) is 0 Å². The van der Waals surface area contributed by atoms with Gasteiger partial charge >= 0.3 is 0 Å².